The first-order valence-electron chi connectivity index (χ1n) is 7.81. The van der Waals surface area contributed by atoms with Gasteiger partial charge in [-0.15, -0.1) is 0 Å². The number of nitro benzene ring substituents is 1. The molecule has 0 radical (unpaired) electrons. The van der Waals surface area contributed by atoms with Crippen molar-refractivity contribution in [1.82, 2.24) is 9.97 Å². The van der Waals surface area contributed by atoms with Gasteiger partial charge in [-0.3, -0.25) is 14.9 Å². The lowest BCUT2D eigenvalue weighted by Gasteiger charge is -2.08. The largest absolute Gasteiger partial charge is 0.333 e. The van der Waals surface area contributed by atoms with Crippen molar-refractivity contribution in [1.29, 1.82) is 0 Å². The minimum atomic E-state index is -0.465. The van der Waals surface area contributed by atoms with Gasteiger partial charge < -0.3 is 10.3 Å². The highest BCUT2D eigenvalue weighted by Crippen LogP contribution is 2.26. The first-order chi connectivity index (χ1) is 12.5. The molecule has 2 N–H and O–H groups in total. The van der Waals surface area contributed by atoms with Crippen LogP contribution in [0.1, 0.15) is 5.56 Å². The molecule has 1 heterocycles. The predicted octanol–water partition coefficient (Wildman–Crippen LogP) is 4.02. The topological polar surface area (TPSA) is 101 Å². The number of imidazole rings is 1. The predicted molar refractivity (Wildman–Crippen MR) is 101 cm³/mol. The first-order valence-corrected chi connectivity index (χ1v) is 8.80. The monoisotopic (exact) mass is 368 g/mol. The zero-order valence-electron chi connectivity index (χ0n) is 13.9. The van der Waals surface area contributed by atoms with Gasteiger partial charge in [0.1, 0.15) is 0 Å². The molecule has 0 aliphatic heterocycles. The second kappa shape index (κ2) is 7.83. The van der Waals surface area contributed by atoms with Gasteiger partial charge in [0.15, 0.2) is 5.16 Å². The Bertz CT molecular complexity index is 941. The van der Waals surface area contributed by atoms with E-state index in [-0.39, 0.29) is 17.3 Å². The number of aromatic nitrogens is 2. The molecular weight excluding hydrogens is 352 g/mol. The van der Waals surface area contributed by atoms with Gasteiger partial charge in [0.2, 0.25) is 5.91 Å². The van der Waals surface area contributed by atoms with E-state index < -0.39 is 4.92 Å². The normalized spacial score (nSPS) is 10.5. The van der Waals surface area contributed by atoms with Gasteiger partial charge in [0, 0.05) is 6.07 Å². The van der Waals surface area contributed by atoms with E-state index in [0.29, 0.717) is 16.4 Å². The number of aromatic amines is 1. The zero-order chi connectivity index (χ0) is 18.5. The third-order valence-corrected chi connectivity index (χ3v) is 4.64. The molecule has 0 spiro atoms. The van der Waals surface area contributed by atoms with Crippen molar-refractivity contribution >= 4 is 29.0 Å². The summed E-state index contributed by atoms with van der Waals surface area (Å²) in [6.07, 6.45) is 1.72. The molecule has 132 valence electrons. The fourth-order valence-electron chi connectivity index (χ4n) is 2.42. The molecule has 7 nitrogen and oxygen atoms in total. The molecule has 0 atom stereocenters. The third kappa shape index (κ3) is 4.09. The standard InChI is InChI=1S/C18H16N4O3S/c1-12-14(8-5-9-16(12)22(24)25)20-17(23)11-26-18-19-10-15(21-18)13-6-3-2-4-7-13/h2-10H,11H2,1H3,(H,19,21)(H,20,23). The minimum absolute atomic E-state index is 0.0195. The Morgan fingerprint density at radius 1 is 1.23 bits per heavy atom. The molecule has 2 aromatic carbocycles. The number of H-pyrrole nitrogens is 1. The van der Waals surface area contributed by atoms with Crippen LogP contribution < -0.4 is 5.32 Å². The fraction of sp³-hybridized carbons (Fsp3) is 0.111. The maximum absolute atomic E-state index is 12.2. The van der Waals surface area contributed by atoms with Crippen molar-refractivity contribution in [2.24, 2.45) is 0 Å². The lowest BCUT2D eigenvalue weighted by Crippen LogP contribution is -2.15. The number of rotatable bonds is 6. The number of hydrogen-bond donors (Lipinski definition) is 2. The number of anilines is 1. The summed E-state index contributed by atoms with van der Waals surface area (Å²) in [5, 5.41) is 14.3. The first kappa shape index (κ1) is 17.7. The highest BCUT2D eigenvalue weighted by atomic mass is 32.2. The summed E-state index contributed by atoms with van der Waals surface area (Å²) in [7, 11) is 0. The molecule has 3 aromatic rings. The van der Waals surface area contributed by atoms with Crippen LogP contribution in [0.25, 0.3) is 11.3 Å². The van der Waals surface area contributed by atoms with E-state index in [1.54, 1.807) is 25.3 Å². The fourth-order valence-corrected chi connectivity index (χ4v) is 3.07. The van der Waals surface area contributed by atoms with Crippen molar-refractivity contribution in [2.45, 2.75) is 12.1 Å². The van der Waals surface area contributed by atoms with Crippen LogP contribution in [0, 0.1) is 17.0 Å². The molecule has 0 bridgehead atoms. The Labute approximate surface area is 154 Å². The average Bonchev–Trinajstić information content (AvgIpc) is 3.11. The van der Waals surface area contributed by atoms with Gasteiger partial charge in [-0.25, -0.2) is 4.98 Å². The maximum atomic E-state index is 12.2. The molecular formula is C18H16N4O3S. The Morgan fingerprint density at radius 2 is 2.00 bits per heavy atom. The number of nitro groups is 1. The number of carbonyl (C=O) groups is 1. The van der Waals surface area contributed by atoms with Crippen LogP contribution in [0.5, 0.6) is 0 Å². The number of benzene rings is 2. The molecule has 0 aliphatic carbocycles. The zero-order valence-corrected chi connectivity index (χ0v) is 14.7. The molecule has 0 saturated carbocycles. The van der Waals surface area contributed by atoms with Crippen LogP contribution >= 0.6 is 11.8 Å². The SMILES string of the molecule is Cc1c(NC(=O)CSc2ncc(-c3ccccc3)[nH]2)cccc1[N+](=O)[O-]. The van der Waals surface area contributed by atoms with Gasteiger partial charge >= 0.3 is 0 Å². The average molecular weight is 368 g/mol. The van der Waals surface area contributed by atoms with Gasteiger partial charge in [-0.2, -0.15) is 0 Å². The van der Waals surface area contributed by atoms with Crippen LogP contribution in [0.3, 0.4) is 0 Å². The number of nitrogens with zero attached hydrogens (tertiary/aromatic N) is 2. The lowest BCUT2D eigenvalue weighted by atomic mass is 10.1. The van der Waals surface area contributed by atoms with E-state index in [4.69, 9.17) is 0 Å². The summed E-state index contributed by atoms with van der Waals surface area (Å²) < 4.78 is 0. The van der Waals surface area contributed by atoms with E-state index in [9.17, 15) is 14.9 Å². The summed E-state index contributed by atoms with van der Waals surface area (Å²) in [4.78, 5) is 30.1. The highest BCUT2D eigenvalue weighted by Gasteiger charge is 2.15. The van der Waals surface area contributed by atoms with E-state index in [2.05, 4.69) is 15.3 Å². The Hall–Kier alpha value is -3.13. The van der Waals surface area contributed by atoms with E-state index in [1.165, 1.54) is 17.8 Å². The second-order valence-corrected chi connectivity index (χ2v) is 6.48. The summed E-state index contributed by atoms with van der Waals surface area (Å²) in [6.45, 7) is 1.61. The molecule has 1 aromatic heterocycles. The lowest BCUT2D eigenvalue weighted by molar-refractivity contribution is -0.385. The second-order valence-electron chi connectivity index (χ2n) is 5.51. The molecule has 0 fully saturated rings. The Balaban J connectivity index is 1.61. The Kier molecular flexibility index (Phi) is 5.33. The van der Waals surface area contributed by atoms with Crippen molar-refractivity contribution in [3.63, 3.8) is 0 Å². The highest BCUT2D eigenvalue weighted by molar-refractivity contribution is 7.99. The van der Waals surface area contributed by atoms with Crippen LogP contribution in [-0.2, 0) is 4.79 Å². The summed E-state index contributed by atoms with van der Waals surface area (Å²) >= 11 is 1.27. The van der Waals surface area contributed by atoms with Crippen molar-refractivity contribution in [2.75, 3.05) is 11.1 Å². The Morgan fingerprint density at radius 3 is 2.73 bits per heavy atom. The quantitative estimate of drug-likeness (QED) is 0.389. The van der Waals surface area contributed by atoms with Crippen LogP contribution in [0.15, 0.2) is 59.9 Å². The van der Waals surface area contributed by atoms with Crippen molar-refractivity contribution in [3.05, 3.63) is 70.4 Å². The van der Waals surface area contributed by atoms with Gasteiger partial charge in [-0.05, 0) is 18.6 Å². The number of amides is 1. The van der Waals surface area contributed by atoms with E-state index in [1.807, 2.05) is 30.3 Å². The summed E-state index contributed by atoms with van der Waals surface area (Å²) in [5.74, 6) is -0.111. The summed E-state index contributed by atoms with van der Waals surface area (Å²) in [5.41, 5.74) is 2.75. The third-order valence-electron chi connectivity index (χ3n) is 3.75. The van der Waals surface area contributed by atoms with Gasteiger partial charge in [-0.1, -0.05) is 48.2 Å². The van der Waals surface area contributed by atoms with Crippen LogP contribution in [0.4, 0.5) is 11.4 Å². The van der Waals surface area contributed by atoms with E-state index in [0.717, 1.165) is 11.3 Å². The number of carbonyl (C=O) groups excluding carboxylic acids is 1. The van der Waals surface area contributed by atoms with Crippen molar-refractivity contribution in [3.8, 4) is 11.3 Å². The smallest absolute Gasteiger partial charge is 0.274 e. The van der Waals surface area contributed by atoms with Crippen LogP contribution in [0.2, 0.25) is 0 Å². The molecule has 0 aliphatic rings. The number of hydrogen-bond acceptors (Lipinski definition) is 5. The van der Waals surface area contributed by atoms with Crippen LogP contribution in [-0.4, -0.2) is 26.6 Å². The number of nitrogens with one attached hydrogen (secondary N) is 2. The molecule has 26 heavy (non-hydrogen) atoms. The number of thioether (sulfide) groups is 1. The van der Waals surface area contributed by atoms with Gasteiger partial charge in [0.25, 0.3) is 5.69 Å². The van der Waals surface area contributed by atoms with Gasteiger partial charge in [0.05, 0.1) is 33.8 Å². The molecule has 8 heteroatoms. The molecule has 0 saturated heterocycles. The molecule has 0 unspecified atom stereocenters. The van der Waals surface area contributed by atoms with E-state index >= 15 is 0 Å². The molecule has 3 rings (SSSR count). The minimum Gasteiger partial charge on any atom is -0.333 e. The maximum Gasteiger partial charge on any atom is 0.274 e. The van der Waals surface area contributed by atoms with Crippen molar-refractivity contribution < 1.29 is 9.72 Å². The summed E-state index contributed by atoms with van der Waals surface area (Å²) in [6, 6.07) is 14.4. The molecule has 1 amide bonds.